The molecule has 0 amide bonds. The summed E-state index contributed by atoms with van der Waals surface area (Å²) in [5.74, 6) is 0.399. The van der Waals surface area contributed by atoms with Gasteiger partial charge in [0.15, 0.2) is 6.29 Å². The Kier molecular flexibility index (Phi) is 2.48. The molecule has 0 fully saturated rings. The van der Waals surface area contributed by atoms with Crippen molar-refractivity contribution in [2.45, 2.75) is 6.92 Å². The Bertz CT molecular complexity index is 610. The molecule has 4 heteroatoms. The largest absolute Gasteiger partial charge is 0.496 e. The average molecular weight is 218 g/mol. The summed E-state index contributed by atoms with van der Waals surface area (Å²) in [6.07, 6.45) is 0.711. The van der Waals surface area contributed by atoms with Gasteiger partial charge in [0, 0.05) is 17.5 Å². The van der Waals surface area contributed by atoms with Crippen LogP contribution in [0.5, 0.6) is 5.75 Å². The Morgan fingerprint density at radius 2 is 2.06 bits per heavy atom. The van der Waals surface area contributed by atoms with E-state index in [0.29, 0.717) is 23.2 Å². The molecule has 2 rings (SSSR count). The minimum absolute atomic E-state index is 0.399. The van der Waals surface area contributed by atoms with E-state index in [4.69, 9.17) is 9.15 Å². The summed E-state index contributed by atoms with van der Waals surface area (Å²) in [5.41, 5.74) is 1.22. The van der Waals surface area contributed by atoms with Crippen LogP contribution in [0.1, 0.15) is 15.9 Å². The number of hydrogen-bond acceptors (Lipinski definition) is 4. The maximum atomic E-state index is 11.2. The van der Waals surface area contributed by atoms with E-state index in [1.807, 2.05) is 0 Å². The molecule has 0 aliphatic heterocycles. The Morgan fingerprint density at radius 1 is 1.31 bits per heavy atom. The number of aldehydes is 1. The van der Waals surface area contributed by atoms with E-state index in [2.05, 4.69) is 0 Å². The van der Waals surface area contributed by atoms with Crippen LogP contribution >= 0.6 is 0 Å². The molecule has 0 atom stereocenters. The minimum Gasteiger partial charge on any atom is -0.496 e. The van der Waals surface area contributed by atoms with Crippen molar-refractivity contribution in [3.05, 3.63) is 39.7 Å². The maximum absolute atomic E-state index is 11.2. The molecule has 0 spiro atoms. The fourth-order valence-electron chi connectivity index (χ4n) is 1.63. The van der Waals surface area contributed by atoms with E-state index in [9.17, 15) is 9.59 Å². The first-order chi connectivity index (χ1) is 7.65. The molecule has 82 valence electrons. The first-order valence-electron chi connectivity index (χ1n) is 4.73. The van der Waals surface area contributed by atoms with Crippen LogP contribution in [-0.2, 0) is 0 Å². The van der Waals surface area contributed by atoms with E-state index in [1.165, 1.54) is 13.2 Å². The highest BCUT2D eigenvalue weighted by molar-refractivity contribution is 5.90. The molecular weight excluding hydrogens is 208 g/mol. The van der Waals surface area contributed by atoms with Crippen LogP contribution in [0.3, 0.4) is 0 Å². The van der Waals surface area contributed by atoms with E-state index < -0.39 is 5.63 Å². The molecule has 4 nitrogen and oxygen atoms in total. The van der Waals surface area contributed by atoms with Gasteiger partial charge in [-0.25, -0.2) is 4.79 Å². The van der Waals surface area contributed by atoms with Gasteiger partial charge in [0.1, 0.15) is 11.3 Å². The zero-order chi connectivity index (χ0) is 11.7. The van der Waals surface area contributed by atoms with Crippen LogP contribution in [0.25, 0.3) is 11.0 Å². The van der Waals surface area contributed by atoms with Crippen molar-refractivity contribution < 1.29 is 13.9 Å². The molecule has 1 aromatic carbocycles. The summed E-state index contributed by atoms with van der Waals surface area (Å²) in [5, 5.41) is 0.738. The average Bonchev–Trinajstić information content (AvgIpc) is 2.27. The number of ether oxygens (including phenoxy) is 1. The molecule has 1 heterocycles. The number of carbonyl (C=O) groups is 1. The summed E-state index contributed by atoms with van der Waals surface area (Å²) in [6, 6.07) is 4.59. The number of rotatable bonds is 2. The van der Waals surface area contributed by atoms with Crippen molar-refractivity contribution in [2.75, 3.05) is 7.11 Å². The van der Waals surface area contributed by atoms with E-state index in [1.54, 1.807) is 19.1 Å². The standard InChI is InChI=1S/C12H10O4/c1-7-3-12(14)16-11-5-10(15-2)8(6-13)4-9(7)11/h3-6H,1-2H3. The van der Waals surface area contributed by atoms with Crippen molar-refractivity contribution in [3.8, 4) is 5.75 Å². The van der Waals surface area contributed by atoms with Crippen molar-refractivity contribution in [3.63, 3.8) is 0 Å². The lowest BCUT2D eigenvalue weighted by Crippen LogP contribution is -1.99. The summed E-state index contributed by atoms with van der Waals surface area (Å²) in [7, 11) is 1.46. The normalized spacial score (nSPS) is 10.4. The second-order valence-electron chi connectivity index (χ2n) is 3.46. The quantitative estimate of drug-likeness (QED) is 0.570. The smallest absolute Gasteiger partial charge is 0.336 e. The Morgan fingerprint density at radius 3 is 2.69 bits per heavy atom. The molecule has 0 N–H and O–H groups in total. The molecule has 0 aliphatic carbocycles. The molecule has 0 radical (unpaired) electrons. The van der Waals surface area contributed by atoms with Crippen LogP contribution in [0.15, 0.2) is 27.4 Å². The number of hydrogen-bond donors (Lipinski definition) is 0. The second kappa shape index (κ2) is 3.81. The number of methoxy groups -OCH3 is 1. The zero-order valence-electron chi connectivity index (χ0n) is 8.94. The highest BCUT2D eigenvalue weighted by atomic mass is 16.5. The van der Waals surface area contributed by atoms with Gasteiger partial charge in [-0.3, -0.25) is 4.79 Å². The monoisotopic (exact) mass is 218 g/mol. The highest BCUT2D eigenvalue weighted by Gasteiger charge is 2.08. The lowest BCUT2D eigenvalue weighted by molar-refractivity contribution is 0.112. The maximum Gasteiger partial charge on any atom is 0.336 e. The molecule has 0 bridgehead atoms. The van der Waals surface area contributed by atoms with E-state index in [-0.39, 0.29) is 0 Å². The van der Waals surface area contributed by atoms with Crippen LogP contribution in [0.4, 0.5) is 0 Å². The summed E-state index contributed by atoms with van der Waals surface area (Å²) in [6.45, 7) is 1.79. The fourth-order valence-corrected chi connectivity index (χ4v) is 1.63. The van der Waals surface area contributed by atoms with Crippen LogP contribution in [-0.4, -0.2) is 13.4 Å². The molecule has 16 heavy (non-hydrogen) atoms. The third kappa shape index (κ3) is 1.58. The van der Waals surface area contributed by atoms with Crippen molar-refractivity contribution in [1.29, 1.82) is 0 Å². The fraction of sp³-hybridized carbons (Fsp3) is 0.167. The molecule has 0 saturated heterocycles. The minimum atomic E-state index is -0.411. The van der Waals surface area contributed by atoms with Gasteiger partial charge in [-0.2, -0.15) is 0 Å². The van der Waals surface area contributed by atoms with Crippen LogP contribution in [0.2, 0.25) is 0 Å². The van der Waals surface area contributed by atoms with Gasteiger partial charge in [0.05, 0.1) is 12.7 Å². The number of benzene rings is 1. The van der Waals surface area contributed by atoms with Crippen molar-refractivity contribution in [1.82, 2.24) is 0 Å². The van der Waals surface area contributed by atoms with Gasteiger partial charge in [-0.05, 0) is 18.6 Å². The van der Waals surface area contributed by atoms with E-state index in [0.717, 1.165) is 10.9 Å². The molecule has 0 aliphatic rings. The van der Waals surface area contributed by atoms with Crippen LogP contribution < -0.4 is 10.4 Å². The van der Waals surface area contributed by atoms with Gasteiger partial charge in [-0.1, -0.05) is 0 Å². The number of fused-ring (bicyclic) bond motifs is 1. The molecule has 2 aromatic rings. The Balaban J connectivity index is 2.88. The van der Waals surface area contributed by atoms with Crippen LogP contribution in [0, 0.1) is 6.92 Å². The highest BCUT2D eigenvalue weighted by Crippen LogP contribution is 2.25. The van der Waals surface area contributed by atoms with Gasteiger partial charge < -0.3 is 9.15 Å². The molecule has 1 aromatic heterocycles. The van der Waals surface area contributed by atoms with Crippen molar-refractivity contribution in [2.24, 2.45) is 0 Å². The first kappa shape index (κ1) is 10.4. The number of carbonyl (C=O) groups excluding carboxylic acids is 1. The van der Waals surface area contributed by atoms with Gasteiger partial charge in [-0.15, -0.1) is 0 Å². The predicted molar refractivity (Wildman–Crippen MR) is 59.2 cm³/mol. The molecule has 0 saturated carbocycles. The van der Waals surface area contributed by atoms with E-state index >= 15 is 0 Å². The lowest BCUT2D eigenvalue weighted by Gasteiger charge is -2.06. The topological polar surface area (TPSA) is 56.5 Å². The third-order valence-corrected chi connectivity index (χ3v) is 2.43. The van der Waals surface area contributed by atoms with Gasteiger partial charge in [0.25, 0.3) is 0 Å². The number of aryl methyl sites for hydroxylation is 1. The first-order valence-corrected chi connectivity index (χ1v) is 4.73. The lowest BCUT2D eigenvalue weighted by atomic mass is 10.1. The third-order valence-electron chi connectivity index (χ3n) is 2.43. The van der Waals surface area contributed by atoms with Crippen molar-refractivity contribution >= 4 is 17.3 Å². The molecular formula is C12H10O4. The Labute approximate surface area is 91.4 Å². The predicted octanol–water partition coefficient (Wildman–Crippen LogP) is 1.92. The SMILES string of the molecule is COc1cc2oc(=O)cc(C)c2cc1C=O. The summed E-state index contributed by atoms with van der Waals surface area (Å²) >= 11 is 0. The Hall–Kier alpha value is -2.10. The molecule has 0 unspecified atom stereocenters. The zero-order valence-corrected chi connectivity index (χ0v) is 8.94. The van der Waals surface area contributed by atoms with Gasteiger partial charge in [0.2, 0.25) is 0 Å². The summed E-state index contributed by atoms with van der Waals surface area (Å²) < 4.78 is 10.1. The summed E-state index contributed by atoms with van der Waals surface area (Å²) in [4.78, 5) is 22.0. The second-order valence-corrected chi connectivity index (χ2v) is 3.46. The van der Waals surface area contributed by atoms with Gasteiger partial charge >= 0.3 is 5.63 Å².